The molecule has 1 amide bonds. The second-order valence-corrected chi connectivity index (χ2v) is 9.83. The van der Waals surface area contributed by atoms with E-state index < -0.39 is 40.3 Å². The molecule has 0 radical (unpaired) electrons. The van der Waals surface area contributed by atoms with Crippen molar-refractivity contribution in [1.82, 2.24) is 24.9 Å². The number of nitrogens with one attached hydrogen (secondary N) is 1. The molecule has 192 valence electrons. The highest BCUT2D eigenvalue weighted by atomic mass is 19.4. The zero-order chi connectivity index (χ0) is 25.9. The highest BCUT2D eigenvalue weighted by Gasteiger charge is 2.55. The summed E-state index contributed by atoms with van der Waals surface area (Å²) in [6, 6.07) is 0.311. The van der Waals surface area contributed by atoms with Crippen LogP contribution in [-0.2, 0) is 22.9 Å². The van der Waals surface area contributed by atoms with Crippen LogP contribution in [0.2, 0.25) is 0 Å². The maximum absolute atomic E-state index is 15.1. The highest BCUT2D eigenvalue weighted by Crippen LogP contribution is 2.41. The van der Waals surface area contributed by atoms with Gasteiger partial charge in [0.1, 0.15) is 28.2 Å². The van der Waals surface area contributed by atoms with E-state index in [2.05, 4.69) is 20.4 Å². The number of fused-ring (bicyclic) bond motifs is 1. The molecule has 8 nitrogen and oxygen atoms in total. The van der Waals surface area contributed by atoms with E-state index in [1.807, 2.05) is 6.20 Å². The van der Waals surface area contributed by atoms with E-state index >= 15 is 4.39 Å². The summed E-state index contributed by atoms with van der Waals surface area (Å²) >= 11 is 0. The molecule has 12 heteroatoms. The molecule has 4 heterocycles. The highest BCUT2D eigenvalue weighted by molar-refractivity contribution is 6.01. The van der Waals surface area contributed by atoms with Gasteiger partial charge in [-0.3, -0.25) is 9.78 Å². The number of carbonyl (C=O) groups excluding carboxylic acids is 1. The van der Waals surface area contributed by atoms with Gasteiger partial charge in [0.05, 0.1) is 17.9 Å². The monoisotopic (exact) mass is 507 g/mol. The molecule has 1 saturated heterocycles. The number of carbonyl (C=O) groups is 1. The number of aliphatic hydroxyl groups is 1. The lowest BCUT2D eigenvalue weighted by atomic mass is 9.74. The van der Waals surface area contributed by atoms with Crippen molar-refractivity contribution < 1.29 is 32.2 Å². The molecular formula is C24H25F4N5O3. The predicted molar refractivity (Wildman–Crippen MR) is 119 cm³/mol. The van der Waals surface area contributed by atoms with Crippen molar-refractivity contribution in [2.24, 2.45) is 5.92 Å². The summed E-state index contributed by atoms with van der Waals surface area (Å²) in [5, 5.41) is 18.3. The lowest BCUT2D eigenvalue weighted by molar-refractivity contribution is -0.142. The number of halogens is 4. The fourth-order valence-electron chi connectivity index (χ4n) is 4.79. The Bertz CT molecular complexity index is 1340. The van der Waals surface area contributed by atoms with E-state index in [1.165, 1.54) is 24.3 Å². The lowest BCUT2D eigenvalue weighted by Crippen LogP contribution is -2.65. The summed E-state index contributed by atoms with van der Waals surface area (Å²) < 4.78 is 61.3. The molecule has 2 fully saturated rings. The average molecular weight is 507 g/mol. The smallest absolute Gasteiger partial charge is 0.385 e. The first-order valence-electron chi connectivity index (χ1n) is 11.6. The van der Waals surface area contributed by atoms with Gasteiger partial charge in [0, 0.05) is 31.6 Å². The zero-order valence-corrected chi connectivity index (χ0v) is 19.7. The molecule has 2 N–H and O–H groups in total. The van der Waals surface area contributed by atoms with Crippen LogP contribution in [0.4, 0.5) is 17.6 Å². The fourth-order valence-corrected chi connectivity index (χ4v) is 4.79. The summed E-state index contributed by atoms with van der Waals surface area (Å²) in [6.07, 6.45) is 2.26. The number of hydrogen-bond acceptors (Lipinski definition) is 6. The number of nitrogens with zero attached hydrogens (tertiary/aromatic N) is 4. The summed E-state index contributed by atoms with van der Waals surface area (Å²) in [5.74, 6) is -1.38. The maximum atomic E-state index is 15.1. The Morgan fingerprint density at radius 2 is 2.06 bits per heavy atom. The number of amides is 1. The molecule has 0 aromatic carbocycles. The average Bonchev–Trinajstić information content (AvgIpc) is 3.53. The van der Waals surface area contributed by atoms with Crippen molar-refractivity contribution in [3.63, 3.8) is 0 Å². The van der Waals surface area contributed by atoms with Gasteiger partial charge >= 0.3 is 6.18 Å². The number of hydrogen-bond donors (Lipinski definition) is 2. The van der Waals surface area contributed by atoms with Crippen molar-refractivity contribution in [2.45, 2.75) is 56.8 Å². The third-order valence-corrected chi connectivity index (χ3v) is 6.97. The first-order chi connectivity index (χ1) is 16.9. The van der Waals surface area contributed by atoms with E-state index in [9.17, 15) is 23.1 Å². The number of aryl methyl sites for hydroxylation is 1. The van der Waals surface area contributed by atoms with Gasteiger partial charge < -0.3 is 15.2 Å². The third-order valence-electron chi connectivity index (χ3n) is 6.97. The minimum absolute atomic E-state index is 0.00902. The Labute approximate surface area is 203 Å². The van der Waals surface area contributed by atoms with E-state index in [4.69, 9.17) is 4.74 Å². The van der Waals surface area contributed by atoms with E-state index in [0.717, 1.165) is 12.0 Å². The van der Waals surface area contributed by atoms with Gasteiger partial charge in [-0.25, -0.2) is 13.9 Å². The van der Waals surface area contributed by atoms with Gasteiger partial charge in [0.25, 0.3) is 5.91 Å². The molecule has 1 saturated carbocycles. The van der Waals surface area contributed by atoms with Crippen molar-refractivity contribution in [2.75, 3.05) is 13.2 Å². The Balaban J connectivity index is 1.55. The number of rotatable bonds is 5. The Hall–Kier alpha value is -3.12. The summed E-state index contributed by atoms with van der Waals surface area (Å²) in [6.45, 7) is 2.65. The van der Waals surface area contributed by atoms with Gasteiger partial charge in [0.2, 0.25) is 0 Å². The van der Waals surface area contributed by atoms with Crippen molar-refractivity contribution in [3.8, 4) is 0 Å². The van der Waals surface area contributed by atoms with Gasteiger partial charge in [0.15, 0.2) is 5.65 Å². The molecule has 2 atom stereocenters. The van der Waals surface area contributed by atoms with Gasteiger partial charge in [-0.05, 0) is 50.7 Å². The maximum Gasteiger partial charge on any atom is 0.417 e. The number of ether oxygens (including phenoxy) is 1. The van der Waals surface area contributed by atoms with Crippen LogP contribution < -0.4 is 5.32 Å². The molecule has 2 aliphatic rings. The van der Waals surface area contributed by atoms with Crippen molar-refractivity contribution in [1.29, 1.82) is 0 Å². The Morgan fingerprint density at radius 1 is 1.31 bits per heavy atom. The van der Waals surface area contributed by atoms with Crippen LogP contribution in [-0.4, -0.2) is 49.4 Å². The lowest BCUT2D eigenvalue weighted by Gasteiger charge is -2.48. The summed E-state index contributed by atoms with van der Waals surface area (Å²) in [7, 11) is 0. The molecule has 5 rings (SSSR count). The van der Waals surface area contributed by atoms with Crippen LogP contribution in [0.5, 0.6) is 0 Å². The quantitative estimate of drug-likeness (QED) is 0.514. The topological polar surface area (TPSA) is 102 Å². The fraction of sp³-hybridized carbons (Fsp3) is 0.500. The van der Waals surface area contributed by atoms with Crippen LogP contribution in [0.1, 0.15) is 59.1 Å². The van der Waals surface area contributed by atoms with Gasteiger partial charge in [-0.15, -0.1) is 0 Å². The van der Waals surface area contributed by atoms with Crippen molar-refractivity contribution in [3.05, 3.63) is 58.6 Å². The minimum Gasteiger partial charge on any atom is -0.385 e. The molecule has 36 heavy (non-hydrogen) atoms. The second-order valence-electron chi connectivity index (χ2n) is 9.83. The summed E-state index contributed by atoms with van der Waals surface area (Å²) in [4.78, 5) is 21.8. The molecular weight excluding hydrogens is 482 g/mol. The minimum atomic E-state index is -4.81. The number of aromatic nitrogens is 4. The molecule has 3 aromatic rings. The first kappa shape index (κ1) is 24.6. The van der Waals surface area contributed by atoms with Crippen LogP contribution in [0.3, 0.4) is 0 Å². The number of alkyl halides is 3. The summed E-state index contributed by atoms with van der Waals surface area (Å²) in [5.41, 5.74) is -3.83. The number of pyridine rings is 1. The SMILES string of the molecule is Cc1nn2cc(CC3CC3)cnc2c1C(=O)NC1(c2ncc(C(F)(F)F)cc2F)CCOCC1(C)O. The molecule has 1 aliphatic carbocycles. The van der Waals surface area contributed by atoms with E-state index in [1.54, 1.807) is 13.1 Å². The normalized spacial score (nSPS) is 24.8. The van der Waals surface area contributed by atoms with Gasteiger partial charge in [-0.1, -0.05) is 0 Å². The largest absolute Gasteiger partial charge is 0.417 e. The first-order valence-corrected chi connectivity index (χ1v) is 11.6. The molecule has 0 spiro atoms. The van der Waals surface area contributed by atoms with E-state index in [0.29, 0.717) is 23.9 Å². The van der Waals surface area contributed by atoms with Crippen LogP contribution in [0.25, 0.3) is 5.65 Å². The Morgan fingerprint density at radius 3 is 2.69 bits per heavy atom. The van der Waals surface area contributed by atoms with Crippen molar-refractivity contribution >= 4 is 11.6 Å². The standard InChI is InChI=1S/C24H25F4N5O3/c1-13-18(20-30-9-15(7-14-3-4-14)11-33(20)32-13)21(34)31-23(5-6-36-12-22(23,2)35)19-17(25)8-16(10-29-19)24(26,27)28/h8-11,14,35H,3-7,12H2,1-2H3,(H,31,34). The van der Waals surface area contributed by atoms with Crippen LogP contribution in [0.15, 0.2) is 24.7 Å². The molecule has 0 bridgehead atoms. The molecule has 2 unspecified atom stereocenters. The van der Waals surface area contributed by atoms with Gasteiger partial charge in [-0.2, -0.15) is 18.3 Å². The van der Waals surface area contributed by atoms with Crippen LogP contribution in [0, 0.1) is 18.7 Å². The molecule has 3 aromatic heterocycles. The zero-order valence-electron chi connectivity index (χ0n) is 19.7. The molecule has 1 aliphatic heterocycles. The van der Waals surface area contributed by atoms with Crippen LogP contribution >= 0.6 is 0 Å². The second kappa shape index (κ2) is 8.48. The Kier molecular flexibility index (Phi) is 5.79. The predicted octanol–water partition coefficient (Wildman–Crippen LogP) is 3.34. The third kappa shape index (κ3) is 4.21. The van der Waals surface area contributed by atoms with E-state index in [-0.39, 0.29) is 30.8 Å².